The fourth-order valence-corrected chi connectivity index (χ4v) is 2.02. The summed E-state index contributed by atoms with van der Waals surface area (Å²) in [7, 11) is 0. The number of carbonyl (C=O) groups is 1. The van der Waals surface area contributed by atoms with E-state index in [0.717, 1.165) is 15.7 Å². The number of aromatic nitrogens is 1. The molecule has 0 saturated carbocycles. The second kappa shape index (κ2) is 6.17. The summed E-state index contributed by atoms with van der Waals surface area (Å²) in [5.74, 6) is -0.267. The predicted molar refractivity (Wildman–Crippen MR) is 80.3 cm³/mol. The topological polar surface area (TPSA) is 42.0 Å². The zero-order chi connectivity index (χ0) is 13.8. The predicted octanol–water partition coefficient (Wildman–Crippen LogP) is 4.07. The number of hydrogen-bond acceptors (Lipinski definition) is 2. The van der Waals surface area contributed by atoms with Gasteiger partial charge in [-0.25, -0.2) is 4.98 Å². The van der Waals surface area contributed by atoms with Gasteiger partial charge in [0.25, 0.3) is 0 Å². The molecule has 1 atom stereocenters. The van der Waals surface area contributed by atoms with Gasteiger partial charge >= 0.3 is 0 Å². The summed E-state index contributed by atoms with van der Waals surface area (Å²) in [4.78, 5) is 16.1. The van der Waals surface area contributed by atoms with Crippen LogP contribution in [0.3, 0.4) is 0 Å². The monoisotopic (exact) mass is 338 g/mol. The first kappa shape index (κ1) is 14.0. The Balaban J connectivity index is 2.10. The molecule has 1 N–H and O–H groups in total. The molecule has 5 heteroatoms. The summed E-state index contributed by atoms with van der Waals surface area (Å²) in [5.41, 5.74) is 2.35. The molecule has 0 saturated heterocycles. The molecule has 0 aliphatic carbocycles. The van der Waals surface area contributed by atoms with Crippen LogP contribution in [-0.2, 0) is 4.79 Å². The third kappa shape index (κ3) is 3.55. The van der Waals surface area contributed by atoms with Crippen LogP contribution in [0, 0.1) is 6.92 Å². The normalized spacial score (nSPS) is 11.9. The lowest BCUT2D eigenvalue weighted by Gasteiger charge is -2.11. The van der Waals surface area contributed by atoms with E-state index in [1.165, 1.54) is 0 Å². The van der Waals surface area contributed by atoms with Crippen molar-refractivity contribution in [3.63, 3.8) is 0 Å². The fraction of sp³-hybridized carbons (Fsp3) is 0.143. The molecule has 1 aromatic carbocycles. The van der Waals surface area contributed by atoms with Gasteiger partial charge in [-0.3, -0.25) is 4.79 Å². The second-order valence-corrected chi connectivity index (χ2v) is 5.28. The first-order chi connectivity index (χ1) is 9.08. The van der Waals surface area contributed by atoms with E-state index in [4.69, 9.17) is 11.6 Å². The summed E-state index contributed by atoms with van der Waals surface area (Å²) >= 11 is 9.45. The molecular formula is C14H12BrClN2O. The van der Waals surface area contributed by atoms with Gasteiger partial charge in [-0.2, -0.15) is 0 Å². The molecule has 1 heterocycles. The molecule has 1 amide bonds. The smallest absolute Gasteiger partial charge is 0.247 e. The van der Waals surface area contributed by atoms with Gasteiger partial charge in [-0.15, -0.1) is 11.6 Å². The number of nitrogens with one attached hydrogen (secondary N) is 1. The Labute approximate surface area is 125 Å². The van der Waals surface area contributed by atoms with Gasteiger partial charge in [0.05, 0.1) is 11.9 Å². The number of amides is 1. The highest BCUT2D eigenvalue weighted by Gasteiger charge is 2.17. The molecule has 19 heavy (non-hydrogen) atoms. The van der Waals surface area contributed by atoms with Gasteiger partial charge in [-0.05, 0) is 40.0 Å². The lowest BCUT2D eigenvalue weighted by atomic mass is 10.1. The summed E-state index contributed by atoms with van der Waals surface area (Å²) in [6.45, 7) is 1.90. The Bertz CT molecular complexity index is 589. The SMILES string of the molecule is Cc1cc(NC(=O)C(Cl)c2ccccc2)cnc1Br. The first-order valence-electron chi connectivity index (χ1n) is 5.70. The van der Waals surface area contributed by atoms with Crippen molar-refractivity contribution in [2.24, 2.45) is 0 Å². The van der Waals surface area contributed by atoms with E-state index in [1.54, 1.807) is 6.20 Å². The van der Waals surface area contributed by atoms with Gasteiger partial charge in [0.15, 0.2) is 0 Å². The van der Waals surface area contributed by atoms with Gasteiger partial charge in [-0.1, -0.05) is 30.3 Å². The van der Waals surface area contributed by atoms with E-state index in [-0.39, 0.29) is 5.91 Å². The largest absolute Gasteiger partial charge is 0.323 e. The lowest BCUT2D eigenvalue weighted by molar-refractivity contribution is -0.116. The van der Waals surface area contributed by atoms with E-state index in [2.05, 4.69) is 26.2 Å². The minimum absolute atomic E-state index is 0.267. The number of aryl methyl sites for hydroxylation is 1. The number of benzene rings is 1. The van der Waals surface area contributed by atoms with E-state index in [9.17, 15) is 4.79 Å². The maximum absolute atomic E-state index is 12.0. The lowest BCUT2D eigenvalue weighted by Crippen LogP contribution is -2.17. The van der Waals surface area contributed by atoms with Gasteiger partial charge in [0.1, 0.15) is 9.98 Å². The first-order valence-corrected chi connectivity index (χ1v) is 6.93. The van der Waals surface area contributed by atoms with Crippen LogP contribution in [0.5, 0.6) is 0 Å². The van der Waals surface area contributed by atoms with E-state index >= 15 is 0 Å². The quantitative estimate of drug-likeness (QED) is 0.676. The number of nitrogens with zero attached hydrogens (tertiary/aromatic N) is 1. The van der Waals surface area contributed by atoms with Crippen molar-refractivity contribution in [3.05, 3.63) is 58.3 Å². The molecule has 3 nitrogen and oxygen atoms in total. The fourth-order valence-electron chi connectivity index (χ4n) is 1.61. The molecule has 0 bridgehead atoms. The highest BCUT2D eigenvalue weighted by molar-refractivity contribution is 9.10. The standard InChI is InChI=1S/C14H12BrClN2O/c1-9-7-11(8-17-13(9)15)18-14(19)12(16)10-5-3-2-4-6-10/h2-8,12H,1H3,(H,18,19). The summed E-state index contributed by atoms with van der Waals surface area (Å²) in [6.07, 6.45) is 1.59. The van der Waals surface area contributed by atoms with Crippen molar-refractivity contribution in [2.75, 3.05) is 5.32 Å². The van der Waals surface area contributed by atoms with Crippen molar-refractivity contribution in [1.82, 2.24) is 4.98 Å². The van der Waals surface area contributed by atoms with Crippen molar-refractivity contribution in [2.45, 2.75) is 12.3 Å². The zero-order valence-electron chi connectivity index (χ0n) is 10.2. The van der Waals surface area contributed by atoms with Gasteiger partial charge < -0.3 is 5.32 Å². The number of rotatable bonds is 3. The molecule has 0 spiro atoms. The van der Waals surface area contributed by atoms with E-state index < -0.39 is 5.38 Å². The number of hydrogen-bond donors (Lipinski definition) is 1. The molecule has 0 radical (unpaired) electrons. The average Bonchev–Trinajstić information content (AvgIpc) is 2.43. The third-order valence-corrected chi connectivity index (χ3v) is 3.88. The van der Waals surface area contributed by atoms with E-state index in [1.807, 2.05) is 43.3 Å². The minimum atomic E-state index is -0.717. The number of alkyl halides is 1. The molecule has 1 unspecified atom stereocenters. The molecular weight excluding hydrogens is 328 g/mol. The van der Waals surface area contributed by atoms with Gasteiger partial charge in [0, 0.05) is 0 Å². The Morgan fingerprint density at radius 2 is 2.05 bits per heavy atom. The molecule has 2 rings (SSSR count). The van der Waals surface area contributed by atoms with Crippen molar-refractivity contribution < 1.29 is 4.79 Å². The van der Waals surface area contributed by atoms with Crippen LogP contribution in [0.25, 0.3) is 0 Å². The molecule has 0 fully saturated rings. The summed E-state index contributed by atoms with van der Waals surface area (Å²) < 4.78 is 0.760. The summed E-state index contributed by atoms with van der Waals surface area (Å²) in [5, 5.41) is 2.04. The molecule has 0 aliphatic rings. The molecule has 2 aromatic rings. The Morgan fingerprint density at radius 1 is 1.37 bits per heavy atom. The Kier molecular flexibility index (Phi) is 4.56. The number of carbonyl (C=O) groups excluding carboxylic acids is 1. The second-order valence-electron chi connectivity index (χ2n) is 4.09. The summed E-state index contributed by atoms with van der Waals surface area (Å²) in [6, 6.07) is 11.1. The maximum Gasteiger partial charge on any atom is 0.247 e. The highest BCUT2D eigenvalue weighted by Crippen LogP contribution is 2.23. The van der Waals surface area contributed by atoms with E-state index in [0.29, 0.717) is 5.69 Å². The Hall–Kier alpha value is -1.39. The van der Waals surface area contributed by atoms with Crippen LogP contribution >= 0.6 is 27.5 Å². The van der Waals surface area contributed by atoms with Crippen LogP contribution in [0.1, 0.15) is 16.5 Å². The third-order valence-electron chi connectivity index (χ3n) is 2.60. The highest BCUT2D eigenvalue weighted by atomic mass is 79.9. The van der Waals surface area contributed by atoms with Crippen LogP contribution in [0.4, 0.5) is 5.69 Å². The van der Waals surface area contributed by atoms with Gasteiger partial charge in [0.2, 0.25) is 5.91 Å². The number of halogens is 2. The number of anilines is 1. The molecule has 0 aliphatic heterocycles. The average molecular weight is 340 g/mol. The van der Waals surface area contributed by atoms with Crippen LogP contribution < -0.4 is 5.32 Å². The number of pyridine rings is 1. The molecule has 1 aromatic heterocycles. The molecule has 98 valence electrons. The Morgan fingerprint density at radius 3 is 2.68 bits per heavy atom. The van der Waals surface area contributed by atoms with Crippen LogP contribution in [0.2, 0.25) is 0 Å². The zero-order valence-corrected chi connectivity index (χ0v) is 12.6. The minimum Gasteiger partial charge on any atom is -0.323 e. The van der Waals surface area contributed by atoms with Crippen molar-refractivity contribution in [3.8, 4) is 0 Å². The maximum atomic E-state index is 12.0. The van der Waals surface area contributed by atoms with Crippen molar-refractivity contribution >= 4 is 39.1 Å². The van der Waals surface area contributed by atoms with Crippen LogP contribution in [0.15, 0.2) is 47.2 Å². The van der Waals surface area contributed by atoms with Crippen LogP contribution in [-0.4, -0.2) is 10.9 Å². The van der Waals surface area contributed by atoms with Crippen molar-refractivity contribution in [1.29, 1.82) is 0 Å².